The van der Waals surface area contributed by atoms with Gasteiger partial charge in [-0.2, -0.15) is 5.10 Å². The molecule has 1 aromatic heterocycles. The molecule has 0 bridgehead atoms. The van der Waals surface area contributed by atoms with E-state index in [1.807, 2.05) is 48.1 Å². The van der Waals surface area contributed by atoms with Crippen LogP contribution in [0.25, 0.3) is 11.3 Å². The summed E-state index contributed by atoms with van der Waals surface area (Å²) in [5.74, 6) is 0.120. The second-order valence-electron chi connectivity index (χ2n) is 4.83. The van der Waals surface area contributed by atoms with Gasteiger partial charge in [0.25, 0.3) is 0 Å². The summed E-state index contributed by atoms with van der Waals surface area (Å²) in [7, 11) is 3.54. The van der Waals surface area contributed by atoms with Crippen LogP contribution in [0.2, 0.25) is 0 Å². The van der Waals surface area contributed by atoms with E-state index in [9.17, 15) is 4.79 Å². The molecule has 0 atom stereocenters. The van der Waals surface area contributed by atoms with E-state index < -0.39 is 0 Å². The summed E-state index contributed by atoms with van der Waals surface area (Å²) >= 11 is 0. The number of aromatic nitrogens is 2. The van der Waals surface area contributed by atoms with Crippen molar-refractivity contribution in [2.75, 3.05) is 14.1 Å². The Labute approximate surface area is 113 Å². The van der Waals surface area contributed by atoms with Gasteiger partial charge in [-0.05, 0) is 12.5 Å². The van der Waals surface area contributed by atoms with Crippen LogP contribution < -0.4 is 0 Å². The lowest BCUT2D eigenvalue weighted by atomic mass is 10.1. The topological polar surface area (TPSA) is 38.1 Å². The van der Waals surface area contributed by atoms with Gasteiger partial charge in [0.1, 0.15) is 0 Å². The van der Waals surface area contributed by atoms with Crippen molar-refractivity contribution in [2.45, 2.75) is 19.9 Å². The summed E-state index contributed by atoms with van der Waals surface area (Å²) < 4.78 is 1.85. The summed E-state index contributed by atoms with van der Waals surface area (Å²) in [4.78, 5) is 13.2. The van der Waals surface area contributed by atoms with Crippen molar-refractivity contribution in [3.05, 3.63) is 42.1 Å². The van der Waals surface area contributed by atoms with Crippen LogP contribution in [-0.2, 0) is 11.3 Å². The van der Waals surface area contributed by atoms with Gasteiger partial charge in [0.15, 0.2) is 0 Å². The molecule has 0 fully saturated rings. The molecule has 0 N–H and O–H groups in total. The maximum absolute atomic E-state index is 11.6. The van der Waals surface area contributed by atoms with Crippen LogP contribution in [0.1, 0.15) is 12.0 Å². The lowest BCUT2D eigenvalue weighted by Gasteiger charge is -2.09. The molecule has 1 aromatic carbocycles. The van der Waals surface area contributed by atoms with Crippen LogP contribution in [0, 0.1) is 6.92 Å². The first-order chi connectivity index (χ1) is 9.08. The van der Waals surface area contributed by atoms with E-state index in [2.05, 4.69) is 5.10 Å². The van der Waals surface area contributed by atoms with Gasteiger partial charge in [-0.15, -0.1) is 0 Å². The molecular formula is C15H19N3O. The van der Waals surface area contributed by atoms with Crippen LogP contribution >= 0.6 is 0 Å². The van der Waals surface area contributed by atoms with Crippen molar-refractivity contribution in [3.63, 3.8) is 0 Å². The summed E-state index contributed by atoms with van der Waals surface area (Å²) in [6.07, 6.45) is 2.47. The molecule has 1 heterocycles. The molecule has 0 spiro atoms. The highest BCUT2D eigenvalue weighted by molar-refractivity contribution is 5.75. The standard InChI is InChI=1S/C15H19N3O/c1-12-11-18(10-9-14(19)17(2)3)16-15(12)13-7-5-4-6-8-13/h4-8,11H,9-10H2,1-3H3. The third kappa shape index (κ3) is 3.22. The zero-order valence-electron chi connectivity index (χ0n) is 11.6. The first kappa shape index (κ1) is 13.3. The molecule has 2 aromatic rings. The number of carbonyl (C=O) groups is 1. The largest absolute Gasteiger partial charge is 0.349 e. The van der Waals surface area contributed by atoms with Crippen LogP contribution in [0.15, 0.2) is 36.5 Å². The summed E-state index contributed by atoms with van der Waals surface area (Å²) in [6, 6.07) is 10.1. The molecule has 0 saturated carbocycles. The smallest absolute Gasteiger partial charge is 0.223 e. The number of hydrogen-bond acceptors (Lipinski definition) is 2. The van der Waals surface area contributed by atoms with E-state index in [-0.39, 0.29) is 5.91 Å². The Morgan fingerprint density at radius 1 is 1.26 bits per heavy atom. The van der Waals surface area contributed by atoms with Crippen molar-refractivity contribution >= 4 is 5.91 Å². The fourth-order valence-corrected chi connectivity index (χ4v) is 1.95. The molecule has 1 amide bonds. The lowest BCUT2D eigenvalue weighted by molar-refractivity contribution is -0.128. The Kier molecular flexibility index (Phi) is 4.00. The minimum Gasteiger partial charge on any atom is -0.349 e. The van der Waals surface area contributed by atoms with Gasteiger partial charge in [0, 0.05) is 38.8 Å². The molecule has 0 unspecified atom stereocenters. The maximum atomic E-state index is 11.6. The zero-order valence-corrected chi connectivity index (χ0v) is 11.6. The first-order valence-corrected chi connectivity index (χ1v) is 6.37. The minimum absolute atomic E-state index is 0.120. The highest BCUT2D eigenvalue weighted by Crippen LogP contribution is 2.20. The number of carbonyl (C=O) groups excluding carboxylic acids is 1. The van der Waals surface area contributed by atoms with Gasteiger partial charge >= 0.3 is 0 Å². The Bertz CT molecular complexity index is 558. The SMILES string of the molecule is Cc1cn(CCC(=O)N(C)C)nc1-c1ccccc1. The average Bonchev–Trinajstić information content (AvgIpc) is 2.78. The highest BCUT2D eigenvalue weighted by Gasteiger charge is 2.09. The molecule has 0 aliphatic carbocycles. The predicted molar refractivity (Wildman–Crippen MR) is 75.7 cm³/mol. The number of amides is 1. The molecule has 19 heavy (non-hydrogen) atoms. The quantitative estimate of drug-likeness (QED) is 0.843. The van der Waals surface area contributed by atoms with Gasteiger partial charge in [-0.25, -0.2) is 0 Å². The van der Waals surface area contributed by atoms with Crippen molar-refractivity contribution in [3.8, 4) is 11.3 Å². The molecule has 0 aliphatic heterocycles. The average molecular weight is 257 g/mol. The third-order valence-electron chi connectivity index (χ3n) is 3.05. The molecule has 0 radical (unpaired) electrons. The number of aryl methyl sites for hydroxylation is 2. The molecule has 4 nitrogen and oxygen atoms in total. The molecule has 2 rings (SSSR count). The van der Waals surface area contributed by atoms with E-state index in [4.69, 9.17) is 0 Å². The molecule has 100 valence electrons. The lowest BCUT2D eigenvalue weighted by Crippen LogP contribution is -2.22. The van der Waals surface area contributed by atoms with Gasteiger partial charge in [0.2, 0.25) is 5.91 Å². The van der Waals surface area contributed by atoms with Gasteiger partial charge < -0.3 is 4.90 Å². The van der Waals surface area contributed by atoms with Crippen LogP contribution in [0.4, 0.5) is 0 Å². The molecule has 0 aliphatic rings. The zero-order chi connectivity index (χ0) is 13.8. The fraction of sp³-hybridized carbons (Fsp3) is 0.333. The van der Waals surface area contributed by atoms with Crippen molar-refractivity contribution in [1.29, 1.82) is 0 Å². The molecule has 4 heteroatoms. The maximum Gasteiger partial charge on any atom is 0.223 e. The van der Waals surface area contributed by atoms with Crippen LogP contribution in [0.3, 0.4) is 0 Å². The highest BCUT2D eigenvalue weighted by atomic mass is 16.2. The minimum atomic E-state index is 0.120. The Morgan fingerprint density at radius 2 is 1.95 bits per heavy atom. The normalized spacial score (nSPS) is 10.5. The number of benzene rings is 1. The van der Waals surface area contributed by atoms with Crippen LogP contribution in [0.5, 0.6) is 0 Å². The number of rotatable bonds is 4. The van der Waals surface area contributed by atoms with Crippen molar-refractivity contribution in [2.24, 2.45) is 0 Å². The van der Waals surface area contributed by atoms with E-state index in [1.54, 1.807) is 19.0 Å². The summed E-state index contributed by atoms with van der Waals surface area (Å²) in [5.41, 5.74) is 3.22. The monoisotopic (exact) mass is 257 g/mol. The third-order valence-corrected chi connectivity index (χ3v) is 3.05. The van der Waals surface area contributed by atoms with E-state index in [0.29, 0.717) is 13.0 Å². The van der Waals surface area contributed by atoms with E-state index >= 15 is 0 Å². The van der Waals surface area contributed by atoms with Gasteiger partial charge in [-0.1, -0.05) is 30.3 Å². The first-order valence-electron chi connectivity index (χ1n) is 6.37. The summed E-state index contributed by atoms with van der Waals surface area (Å²) in [6.45, 7) is 2.66. The summed E-state index contributed by atoms with van der Waals surface area (Å²) in [5, 5.41) is 4.56. The van der Waals surface area contributed by atoms with E-state index in [1.165, 1.54) is 0 Å². The van der Waals surface area contributed by atoms with E-state index in [0.717, 1.165) is 16.8 Å². The second-order valence-corrected chi connectivity index (χ2v) is 4.83. The number of hydrogen-bond donors (Lipinski definition) is 0. The second kappa shape index (κ2) is 5.69. The number of nitrogens with zero attached hydrogens (tertiary/aromatic N) is 3. The van der Waals surface area contributed by atoms with Crippen molar-refractivity contribution < 1.29 is 4.79 Å². The molecular weight excluding hydrogens is 238 g/mol. The van der Waals surface area contributed by atoms with Gasteiger partial charge in [-0.3, -0.25) is 9.48 Å². The Morgan fingerprint density at radius 3 is 2.58 bits per heavy atom. The Balaban J connectivity index is 2.11. The molecule has 0 saturated heterocycles. The fourth-order valence-electron chi connectivity index (χ4n) is 1.95. The van der Waals surface area contributed by atoms with Crippen LogP contribution in [-0.4, -0.2) is 34.7 Å². The Hall–Kier alpha value is -2.10. The van der Waals surface area contributed by atoms with Crippen molar-refractivity contribution in [1.82, 2.24) is 14.7 Å². The predicted octanol–water partition coefficient (Wildman–Crippen LogP) is 2.34. The van der Waals surface area contributed by atoms with Gasteiger partial charge in [0.05, 0.1) is 5.69 Å².